The maximum absolute atomic E-state index is 14.8. The number of rotatable bonds is 5. The Balaban J connectivity index is 1.88. The van der Waals surface area contributed by atoms with Crippen LogP contribution in [0, 0.1) is 11.7 Å². The average Bonchev–Trinajstić information content (AvgIpc) is 3.38. The minimum atomic E-state index is -0.616. The second kappa shape index (κ2) is 6.47. The van der Waals surface area contributed by atoms with Crippen molar-refractivity contribution in [3.05, 3.63) is 41.8 Å². The number of halogens is 1. The van der Waals surface area contributed by atoms with Crippen LogP contribution < -0.4 is 11.1 Å². The third kappa shape index (κ3) is 3.32. The quantitative estimate of drug-likeness (QED) is 0.828. The summed E-state index contributed by atoms with van der Waals surface area (Å²) in [5, 5.41) is 3.27. The van der Waals surface area contributed by atoms with Gasteiger partial charge in [-0.1, -0.05) is 0 Å². The maximum Gasteiger partial charge on any atom is 0.258 e. The number of hydrogen-bond donors (Lipinski definition) is 2. The molecule has 1 amide bonds. The Labute approximate surface area is 140 Å². The lowest BCUT2D eigenvalue weighted by molar-refractivity contribution is 0.0824. The summed E-state index contributed by atoms with van der Waals surface area (Å²) < 4.78 is 14.8. The molecule has 3 rings (SSSR count). The first kappa shape index (κ1) is 16.2. The van der Waals surface area contributed by atoms with Crippen LogP contribution in [0.5, 0.6) is 0 Å². The Bertz CT molecular complexity index is 754. The number of nitrogens with two attached hydrogens (primary N) is 1. The first-order chi connectivity index (χ1) is 11.5. The zero-order valence-electron chi connectivity index (χ0n) is 13.8. The van der Waals surface area contributed by atoms with Crippen LogP contribution in [0.4, 0.5) is 15.9 Å². The van der Waals surface area contributed by atoms with Gasteiger partial charge in [-0.05, 0) is 43.0 Å². The van der Waals surface area contributed by atoms with Gasteiger partial charge < -0.3 is 16.0 Å². The van der Waals surface area contributed by atoms with E-state index in [4.69, 9.17) is 5.73 Å². The molecule has 1 fully saturated rings. The predicted octanol–water partition coefficient (Wildman–Crippen LogP) is 2.99. The van der Waals surface area contributed by atoms with Gasteiger partial charge in [0, 0.05) is 43.7 Å². The van der Waals surface area contributed by atoms with Crippen LogP contribution in [0.15, 0.2) is 30.5 Å². The number of nitrogen functional groups attached to an aromatic ring is 1. The Hall–Kier alpha value is -2.63. The summed E-state index contributed by atoms with van der Waals surface area (Å²) in [5.74, 6) is 0.448. The van der Waals surface area contributed by atoms with E-state index < -0.39 is 11.7 Å². The molecule has 0 spiro atoms. The van der Waals surface area contributed by atoms with E-state index in [0.29, 0.717) is 11.1 Å². The molecule has 6 heteroatoms. The fourth-order valence-corrected chi connectivity index (χ4v) is 2.48. The number of nitrogens with zero attached hydrogens (tertiary/aromatic N) is 2. The lowest BCUT2D eigenvalue weighted by Gasteiger charge is -2.15. The van der Waals surface area contributed by atoms with Gasteiger partial charge in [0.25, 0.3) is 5.91 Å². The minimum absolute atomic E-state index is 0.103. The number of aromatic nitrogens is 1. The highest BCUT2D eigenvalue weighted by atomic mass is 19.1. The van der Waals surface area contributed by atoms with Gasteiger partial charge in [-0.3, -0.25) is 4.79 Å². The average molecular weight is 328 g/mol. The molecule has 126 valence electrons. The summed E-state index contributed by atoms with van der Waals surface area (Å²) in [6, 6.07) is 6.74. The van der Waals surface area contributed by atoms with Crippen molar-refractivity contribution < 1.29 is 9.18 Å². The third-order valence-electron chi connectivity index (χ3n) is 4.14. The first-order valence-corrected chi connectivity index (χ1v) is 7.97. The van der Waals surface area contributed by atoms with Crippen LogP contribution in [0.25, 0.3) is 11.1 Å². The molecule has 0 saturated heterocycles. The van der Waals surface area contributed by atoms with E-state index in [0.717, 1.165) is 18.3 Å². The molecule has 3 N–H and O–H groups in total. The number of nitrogens with one attached hydrogen (secondary N) is 1. The zero-order chi connectivity index (χ0) is 17.3. The number of amides is 1. The Morgan fingerprint density at radius 3 is 2.67 bits per heavy atom. The lowest BCUT2D eigenvalue weighted by atomic mass is 10.0. The van der Waals surface area contributed by atoms with Crippen LogP contribution in [0.1, 0.15) is 23.2 Å². The van der Waals surface area contributed by atoms with E-state index in [1.807, 2.05) is 6.07 Å². The minimum Gasteiger partial charge on any atom is -0.398 e. The molecule has 24 heavy (non-hydrogen) atoms. The molecule has 1 aromatic heterocycles. The largest absolute Gasteiger partial charge is 0.398 e. The van der Waals surface area contributed by atoms with Crippen molar-refractivity contribution in [2.45, 2.75) is 12.8 Å². The van der Waals surface area contributed by atoms with Gasteiger partial charge in [-0.2, -0.15) is 0 Å². The highest BCUT2D eigenvalue weighted by Gasteiger charge is 2.22. The van der Waals surface area contributed by atoms with Gasteiger partial charge in [0.15, 0.2) is 0 Å². The summed E-state index contributed by atoms with van der Waals surface area (Å²) in [7, 11) is 3.13. The molecule has 5 nitrogen and oxygen atoms in total. The van der Waals surface area contributed by atoms with Crippen molar-refractivity contribution in [2.24, 2.45) is 5.92 Å². The summed E-state index contributed by atoms with van der Waals surface area (Å²) in [6.45, 7) is 0.921. The van der Waals surface area contributed by atoms with E-state index >= 15 is 0 Å². The summed E-state index contributed by atoms with van der Waals surface area (Å²) in [6.07, 6.45) is 4.14. The second-order valence-corrected chi connectivity index (χ2v) is 6.35. The SMILES string of the molecule is CN(C)C(=O)c1c(N)ccc(-c2ccc(NCC3CC3)nc2)c1F. The molecule has 1 saturated carbocycles. The molecule has 0 radical (unpaired) electrons. The fraction of sp³-hybridized carbons (Fsp3) is 0.333. The Morgan fingerprint density at radius 2 is 2.08 bits per heavy atom. The zero-order valence-corrected chi connectivity index (χ0v) is 13.8. The molecular formula is C18H21FN4O. The highest BCUT2D eigenvalue weighted by molar-refractivity contribution is 6.00. The van der Waals surface area contributed by atoms with Crippen LogP contribution >= 0.6 is 0 Å². The van der Waals surface area contributed by atoms with E-state index in [-0.39, 0.29) is 11.3 Å². The number of hydrogen-bond acceptors (Lipinski definition) is 4. The molecule has 2 aromatic rings. The molecule has 0 unspecified atom stereocenters. The molecule has 1 aromatic carbocycles. The second-order valence-electron chi connectivity index (χ2n) is 6.35. The summed E-state index contributed by atoms with van der Waals surface area (Å²) >= 11 is 0. The van der Waals surface area contributed by atoms with Crippen molar-refractivity contribution >= 4 is 17.4 Å². The highest BCUT2D eigenvalue weighted by Crippen LogP contribution is 2.30. The van der Waals surface area contributed by atoms with Crippen LogP contribution in [0.2, 0.25) is 0 Å². The monoisotopic (exact) mass is 328 g/mol. The maximum atomic E-state index is 14.8. The van der Waals surface area contributed by atoms with Crippen LogP contribution in [0.3, 0.4) is 0 Å². The van der Waals surface area contributed by atoms with Gasteiger partial charge in [0.05, 0.1) is 5.56 Å². The van der Waals surface area contributed by atoms with E-state index in [1.54, 1.807) is 38.5 Å². The fourth-order valence-electron chi connectivity index (χ4n) is 2.48. The Kier molecular flexibility index (Phi) is 4.38. The topological polar surface area (TPSA) is 71.2 Å². The normalized spacial score (nSPS) is 13.6. The number of carbonyl (C=O) groups excluding carboxylic acids is 1. The summed E-state index contributed by atoms with van der Waals surface area (Å²) in [5.41, 5.74) is 6.74. The van der Waals surface area contributed by atoms with Crippen molar-refractivity contribution in [3.63, 3.8) is 0 Å². The molecule has 0 atom stereocenters. The van der Waals surface area contributed by atoms with Gasteiger partial charge >= 0.3 is 0 Å². The standard InChI is InChI=1S/C18H21FN4O/c1-23(2)18(24)16-14(20)7-6-13(17(16)19)12-5-8-15(22-10-12)21-9-11-3-4-11/h5-8,10-11H,3-4,9,20H2,1-2H3,(H,21,22). The van der Waals surface area contributed by atoms with Crippen LogP contribution in [-0.2, 0) is 0 Å². The molecular weight excluding hydrogens is 307 g/mol. The van der Waals surface area contributed by atoms with Crippen molar-refractivity contribution in [2.75, 3.05) is 31.7 Å². The van der Waals surface area contributed by atoms with Crippen molar-refractivity contribution in [3.8, 4) is 11.1 Å². The lowest BCUT2D eigenvalue weighted by Crippen LogP contribution is -2.24. The first-order valence-electron chi connectivity index (χ1n) is 7.97. The summed E-state index contributed by atoms with van der Waals surface area (Å²) in [4.78, 5) is 17.8. The number of pyridine rings is 1. The molecule has 1 aliphatic rings. The number of anilines is 2. The number of benzene rings is 1. The van der Waals surface area contributed by atoms with Crippen molar-refractivity contribution in [1.29, 1.82) is 0 Å². The van der Waals surface area contributed by atoms with E-state index in [2.05, 4.69) is 10.3 Å². The van der Waals surface area contributed by atoms with Gasteiger partial charge in [0.2, 0.25) is 0 Å². The molecule has 1 aliphatic carbocycles. The number of carbonyl (C=O) groups is 1. The van der Waals surface area contributed by atoms with Gasteiger partial charge in [0.1, 0.15) is 11.6 Å². The van der Waals surface area contributed by atoms with E-state index in [9.17, 15) is 9.18 Å². The molecule has 1 heterocycles. The van der Waals surface area contributed by atoms with Gasteiger partial charge in [-0.25, -0.2) is 9.37 Å². The smallest absolute Gasteiger partial charge is 0.258 e. The molecule has 0 aliphatic heterocycles. The molecule has 0 bridgehead atoms. The third-order valence-corrected chi connectivity index (χ3v) is 4.14. The van der Waals surface area contributed by atoms with Gasteiger partial charge in [-0.15, -0.1) is 0 Å². The Morgan fingerprint density at radius 1 is 1.33 bits per heavy atom. The van der Waals surface area contributed by atoms with Crippen molar-refractivity contribution in [1.82, 2.24) is 9.88 Å². The predicted molar refractivity (Wildman–Crippen MR) is 93.3 cm³/mol. The van der Waals surface area contributed by atoms with E-state index in [1.165, 1.54) is 17.7 Å². The van der Waals surface area contributed by atoms with Crippen LogP contribution in [-0.4, -0.2) is 36.4 Å².